The molecule has 0 aromatic heterocycles. The molecule has 0 saturated heterocycles. The SMILES string of the molecule is CCCCCCCCCc1ccccc1Oc1ccccc1CCCCCCCCC.OCCOCCOCCO. The summed E-state index contributed by atoms with van der Waals surface area (Å²) in [6, 6.07) is 17.3. The number of hydrogen-bond donors (Lipinski definition) is 2. The molecule has 0 saturated carbocycles. The molecule has 2 aromatic rings. The number of aliphatic hydroxyl groups excluding tert-OH is 2. The third-order valence-electron chi connectivity index (χ3n) is 7.11. The Morgan fingerprint density at radius 3 is 1.22 bits per heavy atom. The summed E-state index contributed by atoms with van der Waals surface area (Å²) < 4.78 is 16.2. The van der Waals surface area contributed by atoms with E-state index in [1.165, 1.54) is 101 Å². The van der Waals surface area contributed by atoms with E-state index >= 15 is 0 Å². The number of rotatable bonds is 25. The molecular weight excluding hydrogens is 512 g/mol. The van der Waals surface area contributed by atoms with Gasteiger partial charge in [-0.05, 0) is 48.9 Å². The van der Waals surface area contributed by atoms with Gasteiger partial charge in [0.05, 0.1) is 39.6 Å². The average Bonchev–Trinajstić information content (AvgIpc) is 3.00. The van der Waals surface area contributed by atoms with Crippen LogP contribution in [-0.4, -0.2) is 49.9 Å². The highest BCUT2D eigenvalue weighted by Crippen LogP contribution is 2.30. The Morgan fingerprint density at radius 1 is 0.463 bits per heavy atom. The molecule has 2 aromatic carbocycles. The molecule has 0 spiro atoms. The van der Waals surface area contributed by atoms with Crippen LogP contribution in [0.25, 0.3) is 0 Å². The van der Waals surface area contributed by atoms with Crippen molar-refractivity contribution in [1.29, 1.82) is 0 Å². The van der Waals surface area contributed by atoms with Crippen molar-refractivity contribution in [3.8, 4) is 11.5 Å². The summed E-state index contributed by atoms with van der Waals surface area (Å²) in [5.41, 5.74) is 2.70. The van der Waals surface area contributed by atoms with Crippen molar-refractivity contribution in [1.82, 2.24) is 0 Å². The standard InChI is InChI=1S/C30H46O.C6H14O4/c1-3-5-7-9-11-13-15-21-27-23-17-19-25-29(27)31-30-26-20-18-24-28(30)22-16-14-12-10-8-6-4-2;7-1-3-9-5-6-10-4-2-8/h17-20,23-26H,3-16,21-22H2,1-2H3;7-8H,1-6H2. The quantitative estimate of drug-likeness (QED) is 0.116. The summed E-state index contributed by atoms with van der Waals surface area (Å²) in [5.74, 6) is 2.08. The lowest BCUT2D eigenvalue weighted by Gasteiger charge is -2.14. The normalized spacial score (nSPS) is 10.8. The predicted octanol–water partition coefficient (Wildman–Crippen LogP) is 9.07. The van der Waals surface area contributed by atoms with Gasteiger partial charge in [0.1, 0.15) is 11.5 Å². The van der Waals surface area contributed by atoms with Gasteiger partial charge in [-0.15, -0.1) is 0 Å². The Balaban J connectivity index is 0.000000716. The molecule has 0 heterocycles. The molecular formula is C36H60O5. The van der Waals surface area contributed by atoms with Crippen LogP contribution in [0.4, 0.5) is 0 Å². The van der Waals surface area contributed by atoms with Gasteiger partial charge in [-0.1, -0.05) is 127 Å². The van der Waals surface area contributed by atoms with Crippen LogP contribution in [0.5, 0.6) is 11.5 Å². The van der Waals surface area contributed by atoms with Gasteiger partial charge in [0.25, 0.3) is 0 Å². The minimum absolute atomic E-state index is 0.0417. The van der Waals surface area contributed by atoms with Crippen LogP contribution in [0.1, 0.15) is 115 Å². The van der Waals surface area contributed by atoms with Crippen molar-refractivity contribution >= 4 is 0 Å². The third kappa shape index (κ3) is 20.6. The zero-order valence-electron chi connectivity index (χ0n) is 26.3. The van der Waals surface area contributed by atoms with E-state index in [4.69, 9.17) is 24.4 Å². The largest absolute Gasteiger partial charge is 0.457 e. The molecule has 0 aliphatic carbocycles. The van der Waals surface area contributed by atoms with Crippen molar-refractivity contribution in [2.75, 3.05) is 39.6 Å². The molecule has 0 aliphatic rings. The van der Waals surface area contributed by atoms with Gasteiger partial charge in [-0.25, -0.2) is 0 Å². The minimum atomic E-state index is 0.0417. The molecule has 0 unspecified atom stereocenters. The van der Waals surface area contributed by atoms with Gasteiger partial charge in [-0.3, -0.25) is 0 Å². The summed E-state index contributed by atoms with van der Waals surface area (Å²) >= 11 is 0. The summed E-state index contributed by atoms with van der Waals surface area (Å²) in [4.78, 5) is 0. The van der Waals surface area contributed by atoms with E-state index in [9.17, 15) is 0 Å². The first-order valence-electron chi connectivity index (χ1n) is 16.5. The van der Waals surface area contributed by atoms with Crippen LogP contribution in [0.3, 0.4) is 0 Å². The number of unbranched alkanes of at least 4 members (excludes halogenated alkanes) is 12. The molecule has 41 heavy (non-hydrogen) atoms. The fourth-order valence-electron chi connectivity index (χ4n) is 4.73. The molecule has 0 bridgehead atoms. The van der Waals surface area contributed by atoms with Crippen molar-refractivity contribution in [2.45, 2.75) is 117 Å². The topological polar surface area (TPSA) is 68.2 Å². The van der Waals surface area contributed by atoms with Crippen molar-refractivity contribution < 1.29 is 24.4 Å². The fourth-order valence-corrected chi connectivity index (χ4v) is 4.73. The number of hydrogen-bond acceptors (Lipinski definition) is 5. The van der Waals surface area contributed by atoms with E-state index in [-0.39, 0.29) is 13.2 Å². The zero-order valence-corrected chi connectivity index (χ0v) is 26.3. The van der Waals surface area contributed by atoms with Crippen molar-refractivity contribution in [3.63, 3.8) is 0 Å². The van der Waals surface area contributed by atoms with Crippen LogP contribution >= 0.6 is 0 Å². The van der Waals surface area contributed by atoms with Gasteiger partial charge >= 0.3 is 0 Å². The maximum absolute atomic E-state index is 8.26. The first kappa shape index (κ1) is 37.1. The zero-order chi connectivity index (χ0) is 29.6. The molecule has 2 N–H and O–H groups in total. The van der Waals surface area contributed by atoms with Crippen molar-refractivity contribution in [3.05, 3.63) is 59.7 Å². The van der Waals surface area contributed by atoms with E-state index in [2.05, 4.69) is 62.4 Å². The molecule has 234 valence electrons. The van der Waals surface area contributed by atoms with Crippen molar-refractivity contribution in [2.24, 2.45) is 0 Å². The van der Waals surface area contributed by atoms with Crippen LogP contribution in [0.15, 0.2) is 48.5 Å². The lowest BCUT2D eigenvalue weighted by molar-refractivity contribution is 0.0222. The van der Waals surface area contributed by atoms with Crippen LogP contribution < -0.4 is 4.74 Å². The van der Waals surface area contributed by atoms with E-state index in [0.717, 1.165) is 24.3 Å². The van der Waals surface area contributed by atoms with Crippen LogP contribution in [0, 0.1) is 0 Å². The predicted molar refractivity (Wildman–Crippen MR) is 172 cm³/mol. The second-order valence-corrected chi connectivity index (χ2v) is 10.7. The first-order valence-corrected chi connectivity index (χ1v) is 16.5. The Labute approximate surface area is 251 Å². The third-order valence-corrected chi connectivity index (χ3v) is 7.11. The molecule has 5 heteroatoms. The Hall–Kier alpha value is -1.92. The van der Waals surface area contributed by atoms with Gasteiger partial charge in [0, 0.05) is 0 Å². The molecule has 0 radical (unpaired) electrons. The monoisotopic (exact) mass is 572 g/mol. The summed E-state index contributed by atoms with van der Waals surface area (Å²) in [6.45, 7) is 6.29. The van der Waals surface area contributed by atoms with E-state index in [1.54, 1.807) is 0 Å². The number of benzene rings is 2. The average molecular weight is 573 g/mol. The maximum Gasteiger partial charge on any atom is 0.130 e. The number of aliphatic hydroxyl groups is 2. The molecule has 0 amide bonds. The molecule has 0 aliphatic heterocycles. The molecule has 0 fully saturated rings. The smallest absolute Gasteiger partial charge is 0.130 e. The molecule has 0 atom stereocenters. The first-order chi connectivity index (χ1) is 20.3. The second-order valence-electron chi connectivity index (χ2n) is 10.7. The highest BCUT2D eigenvalue weighted by Gasteiger charge is 2.08. The number of para-hydroxylation sites is 2. The van der Waals surface area contributed by atoms with E-state index < -0.39 is 0 Å². The maximum atomic E-state index is 8.26. The lowest BCUT2D eigenvalue weighted by atomic mass is 10.0. The molecule has 2 rings (SSSR count). The highest BCUT2D eigenvalue weighted by atomic mass is 16.5. The lowest BCUT2D eigenvalue weighted by Crippen LogP contribution is -2.09. The Bertz CT molecular complexity index is 758. The fraction of sp³-hybridized carbons (Fsp3) is 0.667. The minimum Gasteiger partial charge on any atom is -0.457 e. The van der Waals surface area contributed by atoms with Gasteiger partial charge in [0.2, 0.25) is 0 Å². The summed E-state index contributed by atoms with van der Waals surface area (Å²) in [6.07, 6.45) is 21.1. The van der Waals surface area contributed by atoms with Crippen LogP contribution in [0.2, 0.25) is 0 Å². The Kier molecular flexibility index (Phi) is 25.5. The number of aryl methyl sites for hydroxylation is 2. The highest BCUT2D eigenvalue weighted by molar-refractivity contribution is 5.41. The Morgan fingerprint density at radius 2 is 0.829 bits per heavy atom. The van der Waals surface area contributed by atoms with Gasteiger partial charge in [-0.2, -0.15) is 0 Å². The van der Waals surface area contributed by atoms with Gasteiger partial charge in [0.15, 0.2) is 0 Å². The molecule has 5 nitrogen and oxygen atoms in total. The van der Waals surface area contributed by atoms with E-state index in [0.29, 0.717) is 26.4 Å². The van der Waals surface area contributed by atoms with E-state index in [1.807, 2.05) is 0 Å². The van der Waals surface area contributed by atoms with Gasteiger partial charge < -0.3 is 24.4 Å². The van der Waals surface area contributed by atoms with Crippen LogP contribution in [-0.2, 0) is 22.3 Å². The number of ether oxygens (including phenoxy) is 3. The summed E-state index contributed by atoms with van der Waals surface area (Å²) in [5, 5.41) is 16.5. The summed E-state index contributed by atoms with van der Waals surface area (Å²) in [7, 11) is 0. The second kappa shape index (κ2) is 28.2.